The van der Waals surface area contributed by atoms with Crippen LogP contribution in [0, 0.1) is 11.8 Å². The molecule has 2 saturated heterocycles. The normalized spacial score (nSPS) is 24.2. The van der Waals surface area contributed by atoms with Crippen LogP contribution in [0.5, 0.6) is 0 Å². The average molecular weight is 440 g/mol. The molecular weight excluding hydrogens is 409 g/mol. The molecule has 2 aliphatic rings. The predicted octanol–water partition coefficient (Wildman–Crippen LogP) is 4.08. The number of amides is 2. The number of carbonyl (C=O) groups excluding carboxylic acids is 2. The molecule has 2 fully saturated rings. The Morgan fingerprint density at radius 3 is 2.62 bits per heavy atom. The molecule has 3 rings (SSSR count). The lowest BCUT2D eigenvalue weighted by Crippen LogP contribution is -2.49. The molecule has 0 radical (unpaired) electrons. The Kier molecular flexibility index (Phi) is 7.83. The molecule has 1 aromatic carbocycles. The molecule has 7 heteroatoms. The molecular formula is C22H31Cl2N3O2. The molecule has 0 bridgehead atoms. The van der Waals surface area contributed by atoms with E-state index >= 15 is 0 Å². The fraction of sp³-hybridized carbons (Fsp3) is 0.636. The molecule has 5 nitrogen and oxygen atoms in total. The highest BCUT2D eigenvalue weighted by Crippen LogP contribution is 2.25. The van der Waals surface area contributed by atoms with E-state index in [0.29, 0.717) is 41.3 Å². The maximum atomic E-state index is 12.8. The number of piperidine rings is 2. The number of benzene rings is 1. The van der Waals surface area contributed by atoms with E-state index in [4.69, 9.17) is 23.2 Å². The lowest BCUT2D eigenvalue weighted by atomic mass is 9.96. The van der Waals surface area contributed by atoms with E-state index in [-0.39, 0.29) is 17.7 Å². The Morgan fingerprint density at radius 1 is 1.14 bits per heavy atom. The summed E-state index contributed by atoms with van der Waals surface area (Å²) in [7, 11) is 0. The van der Waals surface area contributed by atoms with Gasteiger partial charge in [0.05, 0.1) is 16.0 Å². The third-order valence-corrected chi connectivity index (χ3v) is 6.87. The van der Waals surface area contributed by atoms with Crippen molar-refractivity contribution in [3.05, 3.63) is 33.8 Å². The van der Waals surface area contributed by atoms with Crippen LogP contribution >= 0.6 is 23.2 Å². The van der Waals surface area contributed by atoms with Gasteiger partial charge in [-0.3, -0.25) is 14.5 Å². The van der Waals surface area contributed by atoms with Crippen LogP contribution in [0.1, 0.15) is 49.9 Å². The van der Waals surface area contributed by atoms with E-state index in [1.54, 1.807) is 23.1 Å². The quantitative estimate of drug-likeness (QED) is 0.751. The van der Waals surface area contributed by atoms with Crippen LogP contribution in [-0.4, -0.2) is 60.4 Å². The van der Waals surface area contributed by atoms with E-state index in [0.717, 1.165) is 31.8 Å². The third kappa shape index (κ3) is 5.87. The lowest BCUT2D eigenvalue weighted by Gasteiger charge is -2.36. The van der Waals surface area contributed by atoms with Crippen LogP contribution in [0.3, 0.4) is 0 Å². The maximum Gasteiger partial charge on any atom is 0.253 e. The van der Waals surface area contributed by atoms with Gasteiger partial charge in [0.15, 0.2) is 0 Å². The SMILES string of the molecule is CC1CCCN(C(C)CNC(=O)C2CCCN(C(=O)c3ccc(Cl)c(Cl)c3)C2)C1. The summed E-state index contributed by atoms with van der Waals surface area (Å²) in [6, 6.07) is 5.24. The summed E-state index contributed by atoms with van der Waals surface area (Å²) in [5.41, 5.74) is 0.508. The van der Waals surface area contributed by atoms with Crippen molar-refractivity contribution in [2.45, 2.75) is 45.6 Å². The number of halogens is 2. The van der Waals surface area contributed by atoms with Crippen LogP contribution in [-0.2, 0) is 4.79 Å². The van der Waals surface area contributed by atoms with E-state index in [2.05, 4.69) is 24.1 Å². The summed E-state index contributed by atoms with van der Waals surface area (Å²) in [4.78, 5) is 29.8. The second-order valence-corrected chi connectivity index (χ2v) is 9.37. The Morgan fingerprint density at radius 2 is 1.90 bits per heavy atom. The van der Waals surface area contributed by atoms with Gasteiger partial charge in [0.25, 0.3) is 5.91 Å². The van der Waals surface area contributed by atoms with Gasteiger partial charge in [0, 0.05) is 37.8 Å². The van der Waals surface area contributed by atoms with Crippen LogP contribution in [0.25, 0.3) is 0 Å². The molecule has 3 atom stereocenters. The molecule has 0 aromatic heterocycles. The second kappa shape index (κ2) is 10.1. The van der Waals surface area contributed by atoms with E-state index < -0.39 is 0 Å². The number of carbonyl (C=O) groups is 2. The number of likely N-dealkylation sites (tertiary alicyclic amines) is 2. The summed E-state index contributed by atoms with van der Waals surface area (Å²) >= 11 is 12.0. The zero-order valence-electron chi connectivity index (χ0n) is 17.3. The summed E-state index contributed by atoms with van der Waals surface area (Å²) in [5.74, 6) is 0.509. The van der Waals surface area contributed by atoms with Gasteiger partial charge in [-0.1, -0.05) is 30.1 Å². The van der Waals surface area contributed by atoms with Gasteiger partial charge < -0.3 is 10.2 Å². The third-order valence-electron chi connectivity index (χ3n) is 6.13. The van der Waals surface area contributed by atoms with Gasteiger partial charge in [-0.25, -0.2) is 0 Å². The predicted molar refractivity (Wildman–Crippen MR) is 118 cm³/mol. The molecule has 0 saturated carbocycles. The summed E-state index contributed by atoms with van der Waals surface area (Å²) in [6.45, 7) is 8.44. The Hall–Kier alpha value is -1.30. The van der Waals surface area contributed by atoms with E-state index in [9.17, 15) is 9.59 Å². The maximum absolute atomic E-state index is 12.8. The molecule has 160 valence electrons. The molecule has 1 aromatic rings. The summed E-state index contributed by atoms with van der Waals surface area (Å²) in [5, 5.41) is 3.92. The first-order chi connectivity index (χ1) is 13.8. The Balaban J connectivity index is 1.52. The van der Waals surface area contributed by atoms with Gasteiger partial charge in [-0.05, 0) is 63.3 Å². The van der Waals surface area contributed by atoms with Crippen molar-refractivity contribution in [1.29, 1.82) is 0 Å². The smallest absolute Gasteiger partial charge is 0.253 e. The molecule has 0 spiro atoms. The minimum atomic E-state index is -0.164. The first-order valence-electron chi connectivity index (χ1n) is 10.6. The summed E-state index contributed by atoms with van der Waals surface area (Å²) < 4.78 is 0. The topological polar surface area (TPSA) is 52.7 Å². The molecule has 0 aliphatic carbocycles. The molecule has 2 amide bonds. The highest BCUT2D eigenvalue weighted by molar-refractivity contribution is 6.42. The number of hydrogen-bond acceptors (Lipinski definition) is 3. The number of hydrogen-bond donors (Lipinski definition) is 1. The minimum absolute atomic E-state index is 0.0496. The van der Waals surface area contributed by atoms with E-state index in [1.165, 1.54) is 12.8 Å². The van der Waals surface area contributed by atoms with Crippen LogP contribution in [0.4, 0.5) is 0 Å². The van der Waals surface area contributed by atoms with Gasteiger partial charge in [-0.2, -0.15) is 0 Å². The fourth-order valence-electron chi connectivity index (χ4n) is 4.34. The monoisotopic (exact) mass is 439 g/mol. The van der Waals surface area contributed by atoms with Crippen molar-refractivity contribution in [2.24, 2.45) is 11.8 Å². The van der Waals surface area contributed by atoms with Gasteiger partial charge in [0.1, 0.15) is 0 Å². The molecule has 29 heavy (non-hydrogen) atoms. The van der Waals surface area contributed by atoms with Crippen molar-refractivity contribution >= 4 is 35.0 Å². The van der Waals surface area contributed by atoms with Gasteiger partial charge >= 0.3 is 0 Å². The van der Waals surface area contributed by atoms with Gasteiger partial charge in [-0.15, -0.1) is 0 Å². The average Bonchev–Trinajstić information content (AvgIpc) is 2.73. The van der Waals surface area contributed by atoms with Crippen molar-refractivity contribution in [3.63, 3.8) is 0 Å². The van der Waals surface area contributed by atoms with Crippen molar-refractivity contribution in [1.82, 2.24) is 15.1 Å². The minimum Gasteiger partial charge on any atom is -0.354 e. The van der Waals surface area contributed by atoms with Crippen molar-refractivity contribution in [3.8, 4) is 0 Å². The van der Waals surface area contributed by atoms with Crippen LogP contribution in [0.2, 0.25) is 10.0 Å². The highest BCUT2D eigenvalue weighted by Gasteiger charge is 2.30. The molecule has 3 unspecified atom stereocenters. The number of nitrogens with one attached hydrogen (secondary N) is 1. The Bertz CT molecular complexity index is 743. The molecule has 2 aliphatic heterocycles. The van der Waals surface area contributed by atoms with E-state index in [1.807, 2.05) is 0 Å². The van der Waals surface area contributed by atoms with Crippen LogP contribution < -0.4 is 5.32 Å². The standard InChI is InChI=1S/C22H31Cl2N3O2/c1-15-5-3-9-26(13-15)16(2)12-25-21(28)18-6-4-10-27(14-18)22(29)17-7-8-19(23)20(24)11-17/h7-8,11,15-16,18H,3-6,9-10,12-14H2,1-2H3,(H,25,28). The first kappa shape index (κ1) is 22.4. The van der Waals surface area contributed by atoms with Gasteiger partial charge in [0.2, 0.25) is 5.91 Å². The summed E-state index contributed by atoms with van der Waals surface area (Å²) in [6.07, 6.45) is 4.16. The van der Waals surface area contributed by atoms with Crippen LogP contribution in [0.15, 0.2) is 18.2 Å². The van der Waals surface area contributed by atoms with Crippen molar-refractivity contribution in [2.75, 3.05) is 32.7 Å². The van der Waals surface area contributed by atoms with Crippen molar-refractivity contribution < 1.29 is 9.59 Å². The lowest BCUT2D eigenvalue weighted by molar-refractivity contribution is -0.126. The fourth-order valence-corrected chi connectivity index (χ4v) is 4.63. The highest BCUT2D eigenvalue weighted by atomic mass is 35.5. The zero-order valence-corrected chi connectivity index (χ0v) is 18.8. The molecule has 1 N–H and O–H groups in total. The largest absolute Gasteiger partial charge is 0.354 e. The number of nitrogens with zero attached hydrogens (tertiary/aromatic N) is 2. The first-order valence-corrected chi connectivity index (χ1v) is 11.4. The zero-order chi connectivity index (χ0) is 21.0. The number of rotatable bonds is 5. The Labute approximate surface area is 183 Å². The second-order valence-electron chi connectivity index (χ2n) is 8.56. The molecule has 2 heterocycles.